The molecule has 2 rings (SSSR count). The summed E-state index contributed by atoms with van der Waals surface area (Å²) in [6.45, 7) is 1.19. The van der Waals surface area contributed by atoms with Gasteiger partial charge in [0.2, 0.25) is 0 Å². The van der Waals surface area contributed by atoms with Gasteiger partial charge in [-0.1, -0.05) is 18.2 Å². The van der Waals surface area contributed by atoms with E-state index in [1.165, 1.54) is 13.0 Å². The number of halogens is 2. The van der Waals surface area contributed by atoms with Gasteiger partial charge in [-0.25, -0.2) is 13.6 Å². The van der Waals surface area contributed by atoms with Crippen LogP contribution in [0.4, 0.5) is 13.6 Å². The lowest BCUT2D eigenvalue weighted by molar-refractivity contribution is 0.0554. The number of nitrogens with one attached hydrogen (secondary N) is 2. The molecule has 6 heteroatoms. The highest BCUT2D eigenvalue weighted by Crippen LogP contribution is 2.23. The summed E-state index contributed by atoms with van der Waals surface area (Å²) in [4.78, 5) is 11.8. The van der Waals surface area contributed by atoms with Crippen molar-refractivity contribution in [2.75, 3.05) is 6.54 Å². The second kappa shape index (κ2) is 6.87. The first kappa shape index (κ1) is 16.4. The molecule has 120 valence electrons. The van der Waals surface area contributed by atoms with E-state index in [9.17, 15) is 18.7 Å². The van der Waals surface area contributed by atoms with E-state index in [0.717, 1.165) is 25.3 Å². The van der Waals surface area contributed by atoms with Crippen LogP contribution in [-0.4, -0.2) is 23.7 Å². The Bertz CT molecular complexity index is 573. The van der Waals surface area contributed by atoms with Crippen molar-refractivity contribution in [1.29, 1.82) is 0 Å². The third-order valence-electron chi connectivity index (χ3n) is 3.71. The van der Waals surface area contributed by atoms with Gasteiger partial charge in [0.25, 0.3) is 0 Å². The molecule has 0 heterocycles. The molecule has 0 aromatic heterocycles. The zero-order chi connectivity index (χ0) is 16.2. The van der Waals surface area contributed by atoms with Crippen LogP contribution in [0.15, 0.2) is 30.4 Å². The second-order valence-corrected chi connectivity index (χ2v) is 5.71. The maximum Gasteiger partial charge on any atom is 0.315 e. The van der Waals surface area contributed by atoms with E-state index in [1.807, 2.05) is 6.08 Å². The zero-order valence-electron chi connectivity index (χ0n) is 12.4. The summed E-state index contributed by atoms with van der Waals surface area (Å²) in [6, 6.07) is 2.61. The Hall–Kier alpha value is -1.95. The van der Waals surface area contributed by atoms with Gasteiger partial charge < -0.3 is 15.7 Å². The number of amides is 2. The lowest BCUT2D eigenvalue weighted by atomic mass is 9.95. The van der Waals surface area contributed by atoms with Gasteiger partial charge in [-0.3, -0.25) is 0 Å². The maximum atomic E-state index is 13.7. The number of carbonyl (C=O) groups is 1. The standard InChI is InChI=1S/C16H20F2N2O2/c1-16(22,13-8-7-11(17)9-14(13)18)10-19-15(21)20-12-5-3-2-4-6-12/h2-3,7-9,12,22H,4-6,10H2,1H3,(H2,19,20,21). The fourth-order valence-corrected chi connectivity index (χ4v) is 2.43. The molecule has 3 N–H and O–H groups in total. The molecular weight excluding hydrogens is 290 g/mol. The highest BCUT2D eigenvalue weighted by Gasteiger charge is 2.27. The molecule has 0 saturated carbocycles. The number of allylic oxidation sites excluding steroid dienone is 1. The minimum absolute atomic E-state index is 0.0604. The minimum atomic E-state index is -1.62. The molecule has 1 aliphatic carbocycles. The molecule has 22 heavy (non-hydrogen) atoms. The Morgan fingerprint density at radius 1 is 1.41 bits per heavy atom. The predicted octanol–water partition coefficient (Wildman–Crippen LogP) is 2.58. The number of rotatable bonds is 4. The van der Waals surface area contributed by atoms with Crippen molar-refractivity contribution < 1.29 is 18.7 Å². The van der Waals surface area contributed by atoms with Crippen LogP contribution in [0.25, 0.3) is 0 Å². The van der Waals surface area contributed by atoms with Gasteiger partial charge in [0, 0.05) is 17.7 Å². The van der Waals surface area contributed by atoms with E-state index >= 15 is 0 Å². The number of carbonyl (C=O) groups excluding carboxylic acids is 1. The summed E-state index contributed by atoms with van der Waals surface area (Å²) in [5.41, 5.74) is -1.68. The van der Waals surface area contributed by atoms with Gasteiger partial charge in [-0.2, -0.15) is 0 Å². The molecule has 0 fully saturated rings. The zero-order valence-corrected chi connectivity index (χ0v) is 12.4. The minimum Gasteiger partial charge on any atom is -0.383 e. The van der Waals surface area contributed by atoms with Crippen LogP contribution in [0.3, 0.4) is 0 Å². The lowest BCUT2D eigenvalue weighted by Crippen LogP contribution is -2.47. The van der Waals surface area contributed by atoms with Crippen molar-refractivity contribution in [3.8, 4) is 0 Å². The van der Waals surface area contributed by atoms with Crippen LogP contribution in [-0.2, 0) is 5.60 Å². The molecular formula is C16H20F2N2O2. The number of urea groups is 1. The van der Waals surface area contributed by atoms with Gasteiger partial charge in [0.15, 0.2) is 0 Å². The quantitative estimate of drug-likeness (QED) is 0.749. The first-order valence-electron chi connectivity index (χ1n) is 7.26. The van der Waals surface area contributed by atoms with Crippen molar-refractivity contribution in [2.45, 2.75) is 37.8 Å². The van der Waals surface area contributed by atoms with E-state index < -0.39 is 23.3 Å². The van der Waals surface area contributed by atoms with Crippen LogP contribution in [0.1, 0.15) is 31.7 Å². The highest BCUT2D eigenvalue weighted by molar-refractivity contribution is 5.74. The van der Waals surface area contributed by atoms with Crippen molar-refractivity contribution in [3.05, 3.63) is 47.5 Å². The largest absolute Gasteiger partial charge is 0.383 e. The molecule has 0 aliphatic heterocycles. The molecule has 1 aromatic carbocycles. The maximum absolute atomic E-state index is 13.7. The van der Waals surface area contributed by atoms with Gasteiger partial charge in [0.05, 0.1) is 6.54 Å². The Morgan fingerprint density at radius 2 is 2.18 bits per heavy atom. The van der Waals surface area contributed by atoms with Crippen molar-refractivity contribution in [1.82, 2.24) is 10.6 Å². The van der Waals surface area contributed by atoms with Gasteiger partial charge in [-0.05, 0) is 32.3 Å². The fourth-order valence-electron chi connectivity index (χ4n) is 2.43. The average molecular weight is 310 g/mol. The Kier molecular flexibility index (Phi) is 5.13. The van der Waals surface area contributed by atoms with Crippen LogP contribution < -0.4 is 10.6 Å². The van der Waals surface area contributed by atoms with Gasteiger partial charge in [-0.15, -0.1) is 0 Å². The molecule has 0 saturated heterocycles. The van der Waals surface area contributed by atoms with Crippen LogP contribution in [0.2, 0.25) is 0 Å². The Balaban J connectivity index is 1.91. The van der Waals surface area contributed by atoms with E-state index in [2.05, 4.69) is 16.7 Å². The van der Waals surface area contributed by atoms with E-state index in [1.54, 1.807) is 0 Å². The van der Waals surface area contributed by atoms with E-state index in [0.29, 0.717) is 6.07 Å². The summed E-state index contributed by atoms with van der Waals surface area (Å²) in [7, 11) is 0. The van der Waals surface area contributed by atoms with Crippen molar-refractivity contribution >= 4 is 6.03 Å². The molecule has 2 atom stereocenters. The fraction of sp³-hybridized carbons (Fsp3) is 0.438. The molecule has 0 spiro atoms. The monoisotopic (exact) mass is 310 g/mol. The van der Waals surface area contributed by atoms with Crippen LogP contribution >= 0.6 is 0 Å². The van der Waals surface area contributed by atoms with Gasteiger partial charge in [0.1, 0.15) is 17.2 Å². The van der Waals surface area contributed by atoms with E-state index in [-0.39, 0.29) is 18.2 Å². The predicted molar refractivity (Wildman–Crippen MR) is 79.2 cm³/mol. The summed E-state index contributed by atoms with van der Waals surface area (Å²) in [6.07, 6.45) is 6.64. The number of hydrogen-bond acceptors (Lipinski definition) is 2. The first-order valence-corrected chi connectivity index (χ1v) is 7.26. The molecule has 1 aliphatic rings. The normalized spacial score (nSPS) is 20.3. The van der Waals surface area contributed by atoms with Crippen LogP contribution in [0, 0.1) is 11.6 Å². The summed E-state index contributed by atoms with van der Waals surface area (Å²) in [5, 5.41) is 15.6. The molecule has 0 radical (unpaired) electrons. The molecule has 2 amide bonds. The van der Waals surface area contributed by atoms with Crippen molar-refractivity contribution in [2.24, 2.45) is 0 Å². The topological polar surface area (TPSA) is 61.4 Å². The summed E-state index contributed by atoms with van der Waals surface area (Å²) in [5.74, 6) is -1.56. The molecule has 0 bridgehead atoms. The number of hydrogen-bond donors (Lipinski definition) is 3. The Morgan fingerprint density at radius 3 is 2.82 bits per heavy atom. The third kappa shape index (κ3) is 4.27. The number of aliphatic hydroxyl groups is 1. The lowest BCUT2D eigenvalue weighted by Gasteiger charge is -2.26. The first-order chi connectivity index (χ1) is 10.4. The SMILES string of the molecule is CC(O)(CNC(=O)NC1CC=CCC1)c1ccc(F)cc1F. The smallest absolute Gasteiger partial charge is 0.315 e. The number of benzene rings is 1. The molecule has 4 nitrogen and oxygen atoms in total. The average Bonchev–Trinajstić information content (AvgIpc) is 2.46. The summed E-state index contributed by atoms with van der Waals surface area (Å²) < 4.78 is 26.6. The van der Waals surface area contributed by atoms with E-state index in [4.69, 9.17) is 0 Å². The van der Waals surface area contributed by atoms with Crippen molar-refractivity contribution in [3.63, 3.8) is 0 Å². The highest BCUT2D eigenvalue weighted by atomic mass is 19.1. The molecule has 1 aromatic rings. The third-order valence-corrected chi connectivity index (χ3v) is 3.71. The molecule has 2 unspecified atom stereocenters. The second-order valence-electron chi connectivity index (χ2n) is 5.71. The van der Waals surface area contributed by atoms with Crippen LogP contribution in [0.5, 0.6) is 0 Å². The Labute approximate surface area is 128 Å². The summed E-state index contributed by atoms with van der Waals surface area (Å²) >= 11 is 0. The van der Waals surface area contributed by atoms with Gasteiger partial charge >= 0.3 is 6.03 Å².